The van der Waals surface area contributed by atoms with E-state index in [1.54, 1.807) is 0 Å². The predicted octanol–water partition coefficient (Wildman–Crippen LogP) is 2.61. The highest BCUT2D eigenvalue weighted by Gasteiger charge is 2.27. The van der Waals surface area contributed by atoms with Gasteiger partial charge in [-0.3, -0.25) is 0 Å². The zero-order valence-electron chi connectivity index (χ0n) is 13.3. The van der Waals surface area contributed by atoms with E-state index in [9.17, 15) is 0 Å². The molecule has 3 heteroatoms. The topological polar surface area (TPSA) is 15.7 Å². The van der Waals surface area contributed by atoms with Gasteiger partial charge >= 0.3 is 0 Å². The minimum atomic E-state index is 0.374. The molecule has 0 radical (unpaired) electrons. The van der Waals surface area contributed by atoms with E-state index in [1.807, 2.05) is 0 Å². The first-order chi connectivity index (χ1) is 9.04. The molecule has 2 aliphatic rings. The van der Waals surface area contributed by atoms with Crippen molar-refractivity contribution in [3.05, 3.63) is 0 Å². The lowest BCUT2D eigenvalue weighted by molar-refractivity contribution is 0.0125. The van der Waals surface area contributed by atoms with Crippen LogP contribution in [-0.4, -0.2) is 60.8 Å². The summed E-state index contributed by atoms with van der Waals surface area (Å²) in [7, 11) is 0. The van der Waals surface area contributed by atoms with E-state index in [1.165, 1.54) is 45.4 Å². The van der Waals surface area contributed by atoms with Crippen LogP contribution in [0.2, 0.25) is 0 Å². The highest BCUT2D eigenvalue weighted by atomic mass is 16.5. The van der Waals surface area contributed by atoms with Crippen LogP contribution in [0.4, 0.5) is 0 Å². The fraction of sp³-hybridized carbons (Fsp3) is 1.00. The van der Waals surface area contributed by atoms with Crippen LogP contribution in [0.3, 0.4) is 0 Å². The molecular formula is C16H32N2O. The summed E-state index contributed by atoms with van der Waals surface area (Å²) < 4.78 is 5.93. The van der Waals surface area contributed by atoms with Crippen LogP contribution in [0.1, 0.15) is 47.0 Å². The summed E-state index contributed by atoms with van der Waals surface area (Å²) in [5, 5.41) is 0. The molecule has 2 rings (SSSR count). The Bertz CT molecular complexity index is 259. The molecule has 0 aromatic carbocycles. The van der Waals surface area contributed by atoms with Crippen molar-refractivity contribution >= 4 is 0 Å². The van der Waals surface area contributed by atoms with Gasteiger partial charge in [-0.25, -0.2) is 0 Å². The van der Waals surface area contributed by atoms with Crippen molar-refractivity contribution in [3.63, 3.8) is 0 Å². The van der Waals surface area contributed by atoms with Crippen LogP contribution in [0.15, 0.2) is 0 Å². The molecule has 0 bridgehead atoms. The average molecular weight is 268 g/mol. The minimum Gasteiger partial charge on any atom is -0.374 e. The van der Waals surface area contributed by atoms with Gasteiger partial charge in [-0.15, -0.1) is 0 Å². The molecule has 2 aliphatic heterocycles. The summed E-state index contributed by atoms with van der Waals surface area (Å²) in [5.41, 5.74) is 0. The van der Waals surface area contributed by atoms with Crippen molar-refractivity contribution < 1.29 is 4.74 Å². The molecule has 19 heavy (non-hydrogen) atoms. The minimum absolute atomic E-state index is 0.374. The first-order valence-electron chi connectivity index (χ1n) is 8.16. The maximum Gasteiger partial charge on any atom is 0.0717 e. The Morgan fingerprint density at radius 3 is 2.26 bits per heavy atom. The molecule has 112 valence electrons. The number of likely N-dealkylation sites (tertiary alicyclic amines) is 2. The van der Waals surface area contributed by atoms with E-state index < -0.39 is 0 Å². The quantitative estimate of drug-likeness (QED) is 0.762. The van der Waals surface area contributed by atoms with E-state index in [0.717, 1.165) is 18.5 Å². The Balaban J connectivity index is 1.66. The molecule has 0 aliphatic carbocycles. The Morgan fingerprint density at radius 2 is 1.68 bits per heavy atom. The predicted molar refractivity (Wildman–Crippen MR) is 80.5 cm³/mol. The first kappa shape index (κ1) is 15.3. The molecule has 0 aromatic heterocycles. The third-order valence-electron chi connectivity index (χ3n) is 4.59. The summed E-state index contributed by atoms with van der Waals surface area (Å²) in [4.78, 5) is 5.24. The monoisotopic (exact) mass is 268 g/mol. The van der Waals surface area contributed by atoms with Crippen molar-refractivity contribution in [3.8, 4) is 0 Å². The highest BCUT2D eigenvalue weighted by molar-refractivity contribution is 4.81. The number of rotatable bonds is 5. The number of hydrogen-bond donors (Lipinski definition) is 0. The van der Waals surface area contributed by atoms with E-state index in [0.29, 0.717) is 12.2 Å². The Hall–Kier alpha value is -0.120. The molecule has 0 aromatic rings. The van der Waals surface area contributed by atoms with Crippen molar-refractivity contribution in [1.82, 2.24) is 9.80 Å². The van der Waals surface area contributed by atoms with E-state index >= 15 is 0 Å². The van der Waals surface area contributed by atoms with Gasteiger partial charge in [0.1, 0.15) is 0 Å². The fourth-order valence-corrected chi connectivity index (χ4v) is 3.48. The average Bonchev–Trinajstić information content (AvgIpc) is 2.76. The smallest absolute Gasteiger partial charge is 0.0717 e. The second-order valence-corrected chi connectivity index (χ2v) is 6.93. The van der Waals surface area contributed by atoms with Gasteiger partial charge in [-0.05, 0) is 66.0 Å². The molecule has 0 saturated carbocycles. The lowest BCUT2D eigenvalue weighted by Crippen LogP contribution is -2.41. The maximum atomic E-state index is 5.93. The van der Waals surface area contributed by atoms with Gasteiger partial charge in [0.25, 0.3) is 0 Å². The van der Waals surface area contributed by atoms with E-state index in [2.05, 4.69) is 37.5 Å². The third-order valence-corrected chi connectivity index (χ3v) is 4.59. The van der Waals surface area contributed by atoms with Gasteiger partial charge in [-0.1, -0.05) is 0 Å². The van der Waals surface area contributed by atoms with Crippen molar-refractivity contribution in [2.45, 2.75) is 65.2 Å². The summed E-state index contributed by atoms with van der Waals surface area (Å²) >= 11 is 0. The summed E-state index contributed by atoms with van der Waals surface area (Å²) in [6, 6.07) is 0.719. The van der Waals surface area contributed by atoms with Crippen molar-refractivity contribution in [1.29, 1.82) is 0 Å². The maximum absolute atomic E-state index is 5.93. The Morgan fingerprint density at radius 1 is 1.00 bits per heavy atom. The second kappa shape index (κ2) is 7.05. The van der Waals surface area contributed by atoms with Crippen LogP contribution in [-0.2, 0) is 4.74 Å². The van der Waals surface area contributed by atoms with Gasteiger partial charge in [0.15, 0.2) is 0 Å². The molecular weight excluding hydrogens is 236 g/mol. The fourth-order valence-electron chi connectivity index (χ4n) is 3.48. The molecule has 2 heterocycles. The van der Waals surface area contributed by atoms with Gasteiger partial charge in [0.2, 0.25) is 0 Å². The van der Waals surface area contributed by atoms with Gasteiger partial charge < -0.3 is 14.5 Å². The van der Waals surface area contributed by atoms with Crippen LogP contribution in [0.25, 0.3) is 0 Å². The number of nitrogens with zero attached hydrogens (tertiary/aromatic N) is 2. The summed E-state index contributed by atoms with van der Waals surface area (Å²) in [5.74, 6) is 0.910. The molecule has 0 spiro atoms. The van der Waals surface area contributed by atoms with Gasteiger partial charge in [0, 0.05) is 25.7 Å². The molecule has 0 unspecified atom stereocenters. The number of piperidine rings is 1. The molecule has 2 saturated heterocycles. The summed E-state index contributed by atoms with van der Waals surface area (Å²) in [6.45, 7) is 15.2. The third kappa shape index (κ3) is 4.73. The normalized spacial score (nSPS) is 27.8. The lowest BCUT2D eigenvalue weighted by atomic mass is 9.95. The van der Waals surface area contributed by atoms with Crippen molar-refractivity contribution in [2.24, 2.45) is 5.92 Å². The Kier molecular flexibility index (Phi) is 5.67. The Labute approximate surface area is 119 Å². The number of hydrogen-bond acceptors (Lipinski definition) is 3. The zero-order chi connectivity index (χ0) is 13.8. The molecule has 2 fully saturated rings. The molecule has 1 atom stereocenters. The van der Waals surface area contributed by atoms with Gasteiger partial charge in [0.05, 0.1) is 12.2 Å². The van der Waals surface area contributed by atoms with Crippen LogP contribution < -0.4 is 0 Å². The van der Waals surface area contributed by atoms with E-state index in [-0.39, 0.29) is 0 Å². The van der Waals surface area contributed by atoms with Gasteiger partial charge in [-0.2, -0.15) is 0 Å². The largest absolute Gasteiger partial charge is 0.374 e. The standard InChI is InChI=1S/C16H32N2O/c1-13(2)18-9-5-15(6-10-18)11-17-8-7-16(12-17)19-14(3)4/h13-16H,5-12H2,1-4H3/t16-/m1/s1. The highest BCUT2D eigenvalue weighted by Crippen LogP contribution is 2.22. The molecule has 0 N–H and O–H groups in total. The van der Waals surface area contributed by atoms with E-state index in [4.69, 9.17) is 4.74 Å². The first-order valence-corrected chi connectivity index (χ1v) is 8.16. The lowest BCUT2D eigenvalue weighted by Gasteiger charge is -2.36. The molecule has 3 nitrogen and oxygen atoms in total. The second-order valence-electron chi connectivity index (χ2n) is 6.93. The van der Waals surface area contributed by atoms with Crippen LogP contribution in [0.5, 0.6) is 0 Å². The summed E-state index contributed by atoms with van der Waals surface area (Å²) in [6.07, 6.45) is 4.84. The number of ether oxygens (including phenoxy) is 1. The SMILES string of the molecule is CC(C)O[C@@H]1CCN(CC2CCN(C(C)C)CC2)C1. The van der Waals surface area contributed by atoms with Crippen LogP contribution in [0, 0.1) is 5.92 Å². The van der Waals surface area contributed by atoms with Crippen LogP contribution >= 0.6 is 0 Å². The van der Waals surface area contributed by atoms with Crippen molar-refractivity contribution in [2.75, 3.05) is 32.7 Å². The molecule has 0 amide bonds. The zero-order valence-corrected chi connectivity index (χ0v) is 13.3.